The van der Waals surface area contributed by atoms with E-state index in [9.17, 15) is 0 Å². The van der Waals surface area contributed by atoms with Gasteiger partial charge < -0.3 is 9.32 Å². The SMILES string of the molecule is c1ccc(-c2ccc(N(c3ccc(-c4ccc5c(ccc6ccccc65)c4)cc3)c3ccccc3-c3ccc4oc5c6ccccc6ccc5c4c3)cc2)cc1. The van der Waals surface area contributed by atoms with Crippen LogP contribution in [-0.2, 0) is 0 Å². The van der Waals surface area contributed by atoms with Gasteiger partial charge in [0.05, 0.1) is 5.69 Å². The number of fused-ring (bicyclic) bond motifs is 8. The summed E-state index contributed by atoms with van der Waals surface area (Å²) in [6.45, 7) is 0. The average molecular weight is 714 g/mol. The van der Waals surface area contributed by atoms with Crippen LogP contribution < -0.4 is 4.90 Å². The summed E-state index contributed by atoms with van der Waals surface area (Å²) in [6, 6.07) is 76.5. The van der Waals surface area contributed by atoms with E-state index in [-0.39, 0.29) is 0 Å². The van der Waals surface area contributed by atoms with Crippen molar-refractivity contribution in [3.63, 3.8) is 0 Å². The van der Waals surface area contributed by atoms with Gasteiger partial charge in [-0.15, -0.1) is 0 Å². The van der Waals surface area contributed by atoms with Gasteiger partial charge in [0, 0.05) is 33.1 Å². The highest BCUT2D eigenvalue weighted by Crippen LogP contribution is 2.44. The maximum absolute atomic E-state index is 6.50. The van der Waals surface area contributed by atoms with E-state index in [4.69, 9.17) is 4.42 Å². The van der Waals surface area contributed by atoms with Gasteiger partial charge in [0.2, 0.25) is 0 Å². The second-order valence-corrected chi connectivity index (χ2v) is 14.5. The summed E-state index contributed by atoms with van der Waals surface area (Å²) >= 11 is 0. The molecular weight excluding hydrogens is 679 g/mol. The third-order valence-electron chi connectivity index (χ3n) is 11.3. The third kappa shape index (κ3) is 5.42. The summed E-state index contributed by atoms with van der Waals surface area (Å²) in [4.78, 5) is 2.38. The van der Waals surface area contributed by atoms with E-state index in [1.165, 1.54) is 49.2 Å². The van der Waals surface area contributed by atoms with E-state index in [1.54, 1.807) is 0 Å². The van der Waals surface area contributed by atoms with Gasteiger partial charge in [-0.3, -0.25) is 0 Å². The molecule has 262 valence electrons. The second kappa shape index (κ2) is 13.2. The van der Waals surface area contributed by atoms with E-state index in [0.29, 0.717) is 0 Å². The van der Waals surface area contributed by atoms with Crippen LogP contribution in [0.2, 0.25) is 0 Å². The molecule has 0 aliphatic heterocycles. The predicted octanol–water partition coefficient (Wildman–Crippen LogP) is 15.5. The molecule has 2 nitrogen and oxygen atoms in total. The molecule has 56 heavy (non-hydrogen) atoms. The van der Waals surface area contributed by atoms with Gasteiger partial charge in [-0.2, -0.15) is 0 Å². The molecular formula is C54H35NO. The number of hydrogen-bond donors (Lipinski definition) is 0. The van der Waals surface area contributed by atoms with E-state index in [2.05, 4.69) is 217 Å². The summed E-state index contributed by atoms with van der Waals surface area (Å²) in [7, 11) is 0. The summed E-state index contributed by atoms with van der Waals surface area (Å²) < 4.78 is 6.50. The van der Waals surface area contributed by atoms with Crippen LogP contribution in [0.5, 0.6) is 0 Å². The number of nitrogens with zero attached hydrogens (tertiary/aromatic N) is 1. The highest BCUT2D eigenvalue weighted by Gasteiger charge is 2.19. The Hall–Kier alpha value is -7.42. The van der Waals surface area contributed by atoms with Gasteiger partial charge in [-0.05, 0) is 109 Å². The molecule has 1 aromatic heterocycles. The molecule has 0 aliphatic carbocycles. The minimum absolute atomic E-state index is 0.892. The molecule has 0 amide bonds. The van der Waals surface area contributed by atoms with E-state index < -0.39 is 0 Å². The molecule has 0 atom stereocenters. The zero-order chi connectivity index (χ0) is 37.0. The first kappa shape index (κ1) is 32.0. The fourth-order valence-corrected chi connectivity index (χ4v) is 8.44. The molecule has 0 N–H and O–H groups in total. The molecule has 0 unspecified atom stereocenters. The lowest BCUT2D eigenvalue weighted by molar-refractivity contribution is 0.672. The molecule has 0 spiro atoms. The van der Waals surface area contributed by atoms with Crippen LogP contribution in [0.25, 0.3) is 87.6 Å². The molecule has 2 heteroatoms. The van der Waals surface area contributed by atoms with Crippen LogP contribution in [0, 0.1) is 0 Å². The molecule has 0 bridgehead atoms. The Bertz CT molecular complexity index is 3230. The van der Waals surface area contributed by atoms with Gasteiger partial charge in [0.15, 0.2) is 0 Å². The Morgan fingerprint density at radius 3 is 1.62 bits per heavy atom. The number of furan rings is 1. The van der Waals surface area contributed by atoms with Crippen LogP contribution in [0.3, 0.4) is 0 Å². The lowest BCUT2D eigenvalue weighted by Crippen LogP contribution is -2.11. The Morgan fingerprint density at radius 1 is 0.304 bits per heavy atom. The maximum Gasteiger partial charge on any atom is 0.143 e. The highest BCUT2D eigenvalue weighted by molar-refractivity contribution is 6.16. The number of benzene rings is 10. The molecule has 0 saturated carbocycles. The topological polar surface area (TPSA) is 16.4 Å². The molecule has 0 saturated heterocycles. The zero-order valence-corrected chi connectivity index (χ0v) is 30.6. The van der Waals surface area contributed by atoms with Crippen molar-refractivity contribution >= 4 is 71.3 Å². The van der Waals surface area contributed by atoms with E-state index >= 15 is 0 Å². The van der Waals surface area contributed by atoms with Crippen molar-refractivity contribution in [2.75, 3.05) is 4.90 Å². The number of anilines is 3. The number of hydrogen-bond acceptors (Lipinski definition) is 2. The highest BCUT2D eigenvalue weighted by atomic mass is 16.3. The van der Waals surface area contributed by atoms with Gasteiger partial charge in [0.1, 0.15) is 11.2 Å². The molecule has 1 heterocycles. The Morgan fingerprint density at radius 2 is 0.839 bits per heavy atom. The van der Waals surface area contributed by atoms with Gasteiger partial charge in [-0.25, -0.2) is 0 Å². The summed E-state index contributed by atoms with van der Waals surface area (Å²) in [5, 5.41) is 9.63. The molecule has 0 fully saturated rings. The number of rotatable bonds is 6. The van der Waals surface area contributed by atoms with Gasteiger partial charge in [0.25, 0.3) is 0 Å². The van der Waals surface area contributed by atoms with Gasteiger partial charge >= 0.3 is 0 Å². The fraction of sp³-hybridized carbons (Fsp3) is 0. The lowest BCUT2D eigenvalue weighted by Gasteiger charge is -2.28. The minimum atomic E-state index is 0.892. The van der Waals surface area contributed by atoms with Crippen LogP contribution in [0.4, 0.5) is 17.1 Å². The van der Waals surface area contributed by atoms with E-state index in [1.807, 2.05) is 0 Å². The van der Waals surface area contributed by atoms with Crippen LogP contribution in [0.1, 0.15) is 0 Å². The minimum Gasteiger partial charge on any atom is -0.455 e. The van der Waals surface area contributed by atoms with Crippen LogP contribution in [0.15, 0.2) is 217 Å². The molecule has 11 aromatic rings. The smallest absolute Gasteiger partial charge is 0.143 e. The zero-order valence-electron chi connectivity index (χ0n) is 30.6. The van der Waals surface area contributed by atoms with Crippen molar-refractivity contribution in [2.45, 2.75) is 0 Å². The molecule has 0 aliphatic rings. The molecule has 0 radical (unpaired) electrons. The Kier molecular flexibility index (Phi) is 7.53. The van der Waals surface area contributed by atoms with Crippen molar-refractivity contribution in [1.82, 2.24) is 0 Å². The number of para-hydroxylation sites is 1. The summed E-state index contributed by atoms with van der Waals surface area (Å²) in [5.74, 6) is 0. The fourth-order valence-electron chi connectivity index (χ4n) is 8.44. The third-order valence-corrected chi connectivity index (χ3v) is 11.3. The van der Waals surface area contributed by atoms with Crippen molar-refractivity contribution in [2.24, 2.45) is 0 Å². The average Bonchev–Trinajstić information content (AvgIpc) is 3.66. The molecule has 11 rings (SSSR count). The van der Waals surface area contributed by atoms with Crippen LogP contribution in [-0.4, -0.2) is 0 Å². The quantitative estimate of drug-likeness (QED) is 0.160. The van der Waals surface area contributed by atoms with Crippen molar-refractivity contribution in [3.8, 4) is 33.4 Å². The summed E-state index contributed by atoms with van der Waals surface area (Å²) in [6.07, 6.45) is 0. The first-order chi connectivity index (χ1) is 27.7. The van der Waals surface area contributed by atoms with Crippen molar-refractivity contribution in [1.29, 1.82) is 0 Å². The lowest BCUT2D eigenvalue weighted by atomic mass is 9.97. The first-order valence-corrected chi connectivity index (χ1v) is 19.2. The van der Waals surface area contributed by atoms with E-state index in [0.717, 1.165) is 55.5 Å². The predicted molar refractivity (Wildman–Crippen MR) is 237 cm³/mol. The van der Waals surface area contributed by atoms with Crippen LogP contribution >= 0.6 is 0 Å². The Balaban J connectivity index is 1.03. The van der Waals surface area contributed by atoms with Crippen molar-refractivity contribution in [3.05, 3.63) is 212 Å². The Labute approximate surface area is 325 Å². The normalized spacial score (nSPS) is 11.6. The van der Waals surface area contributed by atoms with Gasteiger partial charge in [-0.1, -0.05) is 158 Å². The summed E-state index contributed by atoms with van der Waals surface area (Å²) in [5.41, 5.74) is 12.1. The standard InChI is InChI=1S/C54H35NO/c1-2-10-36(11-3-1)37-20-27-44(28-21-37)55(45-29-22-38(23-30-45)41-25-31-47-42(34-41)19-18-39-12-4-6-14-46(39)47)52-17-9-8-15-48(52)43-26-33-53-51(35-43)50-32-24-40-13-5-7-16-49(40)54(50)56-53/h1-35H. The molecule has 10 aromatic carbocycles. The van der Waals surface area contributed by atoms with Crippen molar-refractivity contribution < 1.29 is 4.42 Å². The largest absolute Gasteiger partial charge is 0.455 e. The monoisotopic (exact) mass is 713 g/mol. The maximum atomic E-state index is 6.50. The second-order valence-electron chi connectivity index (χ2n) is 14.5. The first-order valence-electron chi connectivity index (χ1n) is 19.2.